The Morgan fingerprint density at radius 1 is 0.604 bits per heavy atom. The summed E-state index contributed by atoms with van der Waals surface area (Å²) in [7, 11) is -3.41. The van der Waals surface area contributed by atoms with Crippen LogP contribution in [0.25, 0.3) is 22.5 Å². The van der Waals surface area contributed by atoms with Crippen LogP contribution in [0.4, 0.5) is 17.3 Å². The van der Waals surface area contributed by atoms with Crippen molar-refractivity contribution in [2.75, 3.05) is 50.4 Å². The number of ether oxygens (including phenoxy) is 2. The fourth-order valence-electron chi connectivity index (χ4n) is 11.5. The zero-order valence-corrected chi connectivity index (χ0v) is 60.3. The number of nitrogens with zero attached hydrogens (tertiary/aromatic N) is 10. The van der Waals surface area contributed by atoms with Crippen molar-refractivity contribution in [3.63, 3.8) is 0 Å². The third kappa shape index (κ3) is 20.6. The molecule has 6 heterocycles. The number of likely N-dealkylation sites (tertiary alicyclic amines) is 2. The van der Waals surface area contributed by atoms with E-state index in [0.717, 1.165) is 86.1 Å². The summed E-state index contributed by atoms with van der Waals surface area (Å²) >= 11 is 5.97. The summed E-state index contributed by atoms with van der Waals surface area (Å²) in [6, 6.07) is 17.0. The summed E-state index contributed by atoms with van der Waals surface area (Å²) in [5.41, 5.74) is 15.9. The van der Waals surface area contributed by atoms with Crippen molar-refractivity contribution < 1.29 is 27.9 Å². The van der Waals surface area contributed by atoms with Gasteiger partial charge in [-0.25, -0.2) is 19.9 Å². The molecule has 2 amide bonds. The van der Waals surface area contributed by atoms with Crippen molar-refractivity contribution in [3.05, 3.63) is 113 Å². The minimum Gasteiger partial charge on any atom is -0.415 e. The summed E-state index contributed by atoms with van der Waals surface area (Å²) in [6.07, 6.45) is 20.9. The Hall–Kier alpha value is -5.88. The van der Waals surface area contributed by atoms with Gasteiger partial charge in [0.15, 0.2) is 16.6 Å². The molecule has 2 aromatic carbocycles. The Morgan fingerprint density at radius 3 is 1.49 bits per heavy atom. The molecule has 0 saturated carbocycles. The Kier molecular flexibility index (Phi) is 23.4. The summed E-state index contributed by atoms with van der Waals surface area (Å²) in [5, 5.41) is 12.6. The Balaban J connectivity index is 0.000000198. The monoisotopic (exact) mass is 1300 g/mol. The first-order valence-electron chi connectivity index (χ1n) is 33.0. The lowest BCUT2D eigenvalue weighted by atomic mass is 9.88. The Labute approximate surface area is 549 Å². The van der Waals surface area contributed by atoms with Crippen LogP contribution < -0.4 is 11.1 Å². The number of benzene rings is 2. The predicted octanol–water partition coefficient (Wildman–Crippen LogP) is 14.8. The number of carbonyl (C=O) groups excluding carboxylic acids is 2. The average Bonchev–Trinajstić information content (AvgIpc) is 1.84. The van der Waals surface area contributed by atoms with Crippen molar-refractivity contribution in [2.24, 2.45) is 0 Å². The first kappa shape index (κ1) is 71.0. The van der Waals surface area contributed by atoms with E-state index in [1.807, 2.05) is 43.7 Å². The van der Waals surface area contributed by atoms with Crippen LogP contribution in [0.1, 0.15) is 169 Å². The lowest BCUT2D eigenvalue weighted by molar-refractivity contribution is -0.158. The molecule has 2 saturated heterocycles. The maximum absolute atomic E-state index is 13.2. The number of nitrogen functional groups attached to an aromatic ring is 1. The largest absolute Gasteiger partial charge is 0.415 e. The second-order valence-electron chi connectivity index (χ2n) is 30.3. The maximum Gasteiger partial charge on any atom is 0.227 e. The average molecular weight is 1300 g/mol. The molecule has 0 spiro atoms. The second-order valence-corrected chi connectivity index (χ2v) is 40.2. The number of nitrogens with one attached hydrogen (secondary N) is 1. The number of aryl methyl sites for hydroxylation is 2. The van der Waals surface area contributed by atoms with Gasteiger partial charge in [0.2, 0.25) is 23.0 Å². The van der Waals surface area contributed by atoms with E-state index < -0.39 is 16.6 Å². The number of rotatable bonds is 18. The molecule has 6 aromatic rings. The van der Waals surface area contributed by atoms with E-state index in [0.29, 0.717) is 70.4 Å². The molecule has 4 aromatic heterocycles. The molecule has 3 N–H and O–H groups in total. The van der Waals surface area contributed by atoms with Crippen molar-refractivity contribution in [2.45, 2.75) is 232 Å². The van der Waals surface area contributed by atoms with Gasteiger partial charge in [0.25, 0.3) is 0 Å². The summed E-state index contributed by atoms with van der Waals surface area (Å²) < 4.78 is 28.1. The molecule has 0 radical (unpaired) electrons. The van der Waals surface area contributed by atoms with Gasteiger partial charge in [-0.05, 0) is 186 Å². The quantitative estimate of drug-likeness (QED) is 0.0467. The smallest absolute Gasteiger partial charge is 0.227 e. The standard InChI is InChI=1S/C35H52N6O3Si.C24H30ClN3O2.C11H23N3OSi/c1-34(2,3)44-29-23-40(24-29)32(42)20-26-12-10-9-11-25-19-27(13-14-30(25)26)31-15-16-36-33(39-31)38-28-21-37-41(22-28)17-18-43-45(7,8)35(4,5)6;1-24(2,3)30-19-14-28(15-19)22(29)13-17-7-5-4-6-16-12-18(8-9-20(16)17)21-10-11-26-23(25)27-21;1-11(2,3)16(4,5)15-7-6-14-9-10(12)8-13-14/h13-16,19,21-22,26,29H,9-12,17-18,20,23-24H2,1-8H3,(H,36,38,39);8-12,17,19H,4-7,13-15H2,1-3H3;8-9H,6-7,12H2,1-5H3. The number of nitrogens with two attached hydrogens (primary N) is 1. The number of aromatic nitrogens is 8. The number of fused-ring (bicyclic) bond motifs is 2. The van der Waals surface area contributed by atoms with Crippen molar-refractivity contribution >= 4 is 57.4 Å². The molecule has 4 aliphatic rings. The molecule has 0 bridgehead atoms. The van der Waals surface area contributed by atoms with E-state index in [2.05, 4.69) is 176 Å². The highest BCUT2D eigenvalue weighted by molar-refractivity contribution is 6.74. The van der Waals surface area contributed by atoms with Crippen molar-refractivity contribution in [1.82, 2.24) is 49.3 Å². The SMILES string of the molecule is CC(C)(C)OC1CN(C(=O)CC2CCCCc3cc(-c4ccnc(Cl)n4)ccc32)C1.CC(C)(C)OC1CN(C(=O)CC2CCCCc3cc(-c4ccnc(Nc5cnn(CCO[Si](C)(C)C(C)(C)C)c5)n4)ccc32)C1.CC(C)(C)[Si](C)(C)OCCn1cc(N)cn1. The number of anilines is 3. The van der Waals surface area contributed by atoms with Crippen LogP contribution in [0.15, 0.2) is 85.7 Å². The van der Waals surface area contributed by atoms with Crippen LogP contribution in [-0.2, 0) is 53.8 Å². The van der Waals surface area contributed by atoms with E-state index in [-0.39, 0.29) is 62.4 Å². The number of amides is 2. The summed E-state index contributed by atoms with van der Waals surface area (Å²) in [4.78, 5) is 47.6. The van der Waals surface area contributed by atoms with Crippen LogP contribution in [0.5, 0.6) is 0 Å². The van der Waals surface area contributed by atoms with Gasteiger partial charge in [0.05, 0.1) is 84.9 Å². The van der Waals surface area contributed by atoms with Gasteiger partial charge in [0, 0.05) is 74.9 Å². The predicted molar refractivity (Wildman–Crippen MR) is 371 cm³/mol. The molecule has 496 valence electrons. The molecule has 2 fully saturated rings. The first-order chi connectivity index (χ1) is 42.7. The molecule has 18 nitrogen and oxygen atoms in total. The zero-order chi connectivity index (χ0) is 66.1. The lowest BCUT2D eigenvalue weighted by Gasteiger charge is -2.42. The highest BCUT2D eigenvalue weighted by Crippen LogP contribution is 2.40. The Morgan fingerprint density at radius 2 is 1.05 bits per heavy atom. The van der Waals surface area contributed by atoms with Gasteiger partial charge >= 0.3 is 0 Å². The van der Waals surface area contributed by atoms with Gasteiger partial charge in [-0.15, -0.1) is 0 Å². The maximum atomic E-state index is 13.2. The van der Waals surface area contributed by atoms with Gasteiger partial charge in [-0.1, -0.05) is 78.6 Å². The van der Waals surface area contributed by atoms with Crippen LogP contribution in [0.3, 0.4) is 0 Å². The van der Waals surface area contributed by atoms with E-state index >= 15 is 0 Å². The number of halogens is 1. The van der Waals surface area contributed by atoms with E-state index in [9.17, 15) is 9.59 Å². The van der Waals surface area contributed by atoms with Crippen molar-refractivity contribution in [1.29, 1.82) is 0 Å². The highest BCUT2D eigenvalue weighted by atomic mass is 35.5. The number of hydrogen-bond donors (Lipinski definition) is 2. The molecule has 2 aliphatic carbocycles. The third-order valence-corrected chi connectivity index (χ3v) is 27.8. The van der Waals surface area contributed by atoms with E-state index in [4.69, 9.17) is 40.6 Å². The number of hydrogen-bond acceptors (Lipinski definition) is 14. The zero-order valence-electron chi connectivity index (χ0n) is 57.5. The minimum atomic E-state index is -1.79. The van der Waals surface area contributed by atoms with Crippen LogP contribution in [0, 0.1) is 0 Å². The fraction of sp³-hybridized carbons (Fsp3) is 0.600. The first-order valence-corrected chi connectivity index (χ1v) is 39.2. The number of carbonyl (C=O) groups is 2. The van der Waals surface area contributed by atoms with Gasteiger partial charge in [-0.3, -0.25) is 19.0 Å². The second kappa shape index (κ2) is 30.0. The lowest BCUT2D eigenvalue weighted by Crippen LogP contribution is -2.56. The molecule has 91 heavy (non-hydrogen) atoms. The molecule has 2 unspecified atom stereocenters. The molecule has 2 aliphatic heterocycles. The van der Waals surface area contributed by atoms with Crippen LogP contribution in [-0.4, -0.2) is 141 Å². The van der Waals surface area contributed by atoms with Gasteiger partial charge in [-0.2, -0.15) is 10.2 Å². The summed E-state index contributed by atoms with van der Waals surface area (Å²) in [5.74, 6) is 1.54. The molecule has 2 atom stereocenters. The highest BCUT2D eigenvalue weighted by Gasteiger charge is 2.40. The van der Waals surface area contributed by atoms with E-state index in [1.165, 1.54) is 22.3 Å². The van der Waals surface area contributed by atoms with Gasteiger partial charge < -0.3 is 39.2 Å². The molecule has 10 rings (SSSR count). The summed E-state index contributed by atoms with van der Waals surface area (Å²) in [6.45, 7) is 40.5. The van der Waals surface area contributed by atoms with Crippen LogP contribution >= 0.6 is 11.6 Å². The topological polar surface area (TPSA) is 203 Å². The third-order valence-electron chi connectivity index (χ3n) is 18.5. The Bertz CT molecular complexity index is 3370. The molecular weight excluding hydrogens is 1200 g/mol. The molecule has 21 heteroatoms. The normalized spacial score (nSPS) is 17.6. The van der Waals surface area contributed by atoms with Gasteiger partial charge in [0.1, 0.15) is 0 Å². The van der Waals surface area contributed by atoms with Crippen molar-refractivity contribution in [3.8, 4) is 22.5 Å². The minimum absolute atomic E-state index is 0.147. The van der Waals surface area contributed by atoms with E-state index in [1.54, 1.807) is 24.8 Å². The fourth-order valence-corrected chi connectivity index (χ4v) is 13.7. The molecular formula is C70H105ClN12O6Si2. The van der Waals surface area contributed by atoms with Crippen LogP contribution in [0.2, 0.25) is 41.5 Å².